The van der Waals surface area contributed by atoms with Gasteiger partial charge in [0, 0.05) is 16.7 Å². The summed E-state index contributed by atoms with van der Waals surface area (Å²) in [7, 11) is 0. The molecule has 1 unspecified atom stereocenters. The van der Waals surface area contributed by atoms with Crippen LogP contribution in [0.5, 0.6) is 0 Å². The van der Waals surface area contributed by atoms with Gasteiger partial charge in [-0.05, 0) is 19.1 Å². The number of carbonyl (C=O) groups excluding carboxylic acids is 1. The summed E-state index contributed by atoms with van der Waals surface area (Å²) in [5.41, 5.74) is 9.75. The number of aryl methyl sites for hydroxylation is 1. The Morgan fingerprint density at radius 1 is 0.892 bits per heavy atom. The second kappa shape index (κ2) is 9.39. The van der Waals surface area contributed by atoms with Gasteiger partial charge in [0.25, 0.3) is 0 Å². The van der Waals surface area contributed by atoms with Crippen molar-refractivity contribution in [1.82, 2.24) is 30.1 Å². The number of hydrogen-bond donors (Lipinski definition) is 2. The first-order chi connectivity index (χ1) is 17.7. The molecule has 2 aromatic carbocycles. The summed E-state index contributed by atoms with van der Waals surface area (Å²) in [5, 5.41) is 6.93. The predicted octanol–water partition coefficient (Wildman–Crippen LogP) is 4.52. The lowest BCUT2D eigenvalue weighted by molar-refractivity contribution is -0.205. The Morgan fingerprint density at radius 3 is 2.22 bits per heavy atom. The summed E-state index contributed by atoms with van der Waals surface area (Å²) in [4.78, 5) is 29.6. The van der Waals surface area contributed by atoms with Crippen molar-refractivity contribution in [3.8, 4) is 34.0 Å². The lowest BCUT2D eigenvalue weighted by atomic mass is 10.0. The van der Waals surface area contributed by atoms with Crippen LogP contribution in [-0.2, 0) is 9.53 Å². The minimum Gasteiger partial charge on any atom is -0.436 e. The van der Waals surface area contributed by atoms with Crippen LogP contribution in [0.2, 0.25) is 0 Å². The highest BCUT2D eigenvalue weighted by Gasteiger charge is 2.42. The summed E-state index contributed by atoms with van der Waals surface area (Å²) in [6, 6.07) is 19.0. The van der Waals surface area contributed by atoms with Gasteiger partial charge in [0.05, 0.1) is 11.4 Å². The number of halogens is 3. The Bertz CT molecular complexity index is 1590. The summed E-state index contributed by atoms with van der Waals surface area (Å²) in [6.45, 7) is 1.79. The van der Waals surface area contributed by atoms with Crippen molar-refractivity contribution in [2.75, 3.05) is 0 Å². The van der Waals surface area contributed by atoms with Crippen LogP contribution < -0.4 is 5.73 Å². The summed E-state index contributed by atoms with van der Waals surface area (Å²) in [5.74, 6) is -1.27. The molecule has 3 aromatic heterocycles. The first-order valence-electron chi connectivity index (χ1n) is 11.0. The number of alkyl halides is 3. The molecule has 0 spiro atoms. The Balaban J connectivity index is 1.55. The molecule has 5 rings (SSSR count). The topological polar surface area (TPSA) is 133 Å². The quantitative estimate of drug-likeness (QED) is 0.263. The van der Waals surface area contributed by atoms with Gasteiger partial charge in [0.15, 0.2) is 17.7 Å². The number of hydrogen-bond acceptors (Lipinski definition) is 8. The molecule has 186 valence electrons. The molecule has 12 heteroatoms. The van der Waals surface area contributed by atoms with Gasteiger partial charge in [-0.15, -0.1) is 0 Å². The smallest absolute Gasteiger partial charge is 0.436 e. The number of fused-ring (bicyclic) bond motifs is 1. The molecular weight excluding hydrogens is 487 g/mol. The van der Waals surface area contributed by atoms with E-state index < -0.39 is 18.4 Å². The highest BCUT2D eigenvalue weighted by atomic mass is 19.4. The number of benzene rings is 2. The molecule has 3 heterocycles. The van der Waals surface area contributed by atoms with E-state index in [4.69, 9.17) is 15.7 Å². The van der Waals surface area contributed by atoms with E-state index in [1.165, 1.54) is 12.1 Å². The van der Waals surface area contributed by atoms with E-state index in [1.54, 1.807) is 31.2 Å². The van der Waals surface area contributed by atoms with Crippen LogP contribution in [0.25, 0.3) is 45.2 Å². The summed E-state index contributed by atoms with van der Waals surface area (Å²) in [6.07, 6.45) is -6.72. The van der Waals surface area contributed by atoms with Gasteiger partial charge in [-0.3, -0.25) is 10.8 Å². The summed E-state index contributed by atoms with van der Waals surface area (Å²) >= 11 is 0. The Kier molecular flexibility index (Phi) is 6.09. The number of pyridine rings is 1. The second-order valence-electron chi connectivity index (χ2n) is 8.02. The number of ether oxygens (including phenoxy) is 1. The molecule has 0 saturated carbocycles. The van der Waals surface area contributed by atoms with Crippen molar-refractivity contribution in [2.45, 2.75) is 19.3 Å². The SMILES string of the molecule is Cc1nc(-c2ccc3nc(-c4ccc(C(N)OC(=O)C(F)(F)F)cc4)c(-c4ccccc4)nc3n2)n[nH]1. The average Bonchev–Trinajstić information content (AvgIpc) is 3.34. The van der Waals surface area contributed by atoms with Crippen LogP contribution in [0.1, 0.15) is 17.6 Å². The normalized spacial score (nSPS) is 12.5. The van der Waals surface area contributed by atoms with E-state index in [0.717, 1.165) is 5.56 Å². The molecule has 37 heavy (non-hydrogen) atoms. The molecule has 5 aromatic rings. The zero-order chi connectivity index (χ0) is 26.2. The van der Waals surface area contributed by atoms with Gasteiger partial charge < -0.3 is 4.74 Å². The van der Waals surface area contributed by atoms with Crippen molar-refractivity contribution in [3.05, 3.63) is 78.1 Å². The average molecular weight is 505 g/mol. The predicted molar refractivity (Wildman–Crippen MR) is 127 cm³/mol. The highest BCUT2D eigenvalue weighted by Crippen LogP contribution is 2.32. The number of nitrogens with zero attached hydrogens (tertiary/aromatic N) is 5. The standard InChI is InChI=1S/C25H18F3N7O2/c1-13-30-23(35-34-13)18-12-11-17-22(32-18)33-20(14-5-3-2-4-6-14)19(31-17)15-7-9-16(10-8-15)21(29)37-24(36)25(26,27)28/h2-12,21H,29H2,1H3,(H,30,34,35). The molecule has 0 aliphatic rings. The van der Waals surface area contributed by atoms with Crippen molar-refractivity contribution >= 4 is 17.1 Å². The maximum Gasteiger partial charge on any atom is 0.490 e. The number of nitrogens with one attached hydrogen (secondary N) is 1. The molecule has 0 aliphatic heterocycles. The molecule has 0 aliphatic carbocycles. The van der Waals surface area contributed by atoms with Gasteiger partial charge in [-0.25, -0.2) is 24.7 Å². The number of rotatable bonds is 5. The molecule has 9 nitrogen and oxygen atoms in total. The third kappa shape index (κ3) is 5.00. The van der Waals surface area contributed by atoms with Crippen molar-refractivity contribution in [3.63, 3.8) is 0 Å². The van der Waals surface area contributed by atoms with Crippen LogP contribution in [0.15, 0.2) is 66.7 Å². The van der Waals surface area contributed by atoms with E-state index in [0.29, 0.717) is 45.5 Å². The zero-order valence-corrected chi connectivity index (χ0v) is 19.2. The Labute approximate surface area is 207 Å². The van der Waals surface area contributed by atoms with Crippen molar-refractivity contribution in [2.24, 2.45) is 5.73 Å². The van der Waals surface area contributed by atoms with Gasteiger partial charge in [0.2, 0.25) is 0 Å². The first kappa shape index (κ1) is 24.0. The van der Waals surface area contributed by atoms with Crippen LogP contribution in [0, 0.1) is 6.92 Å². The molecule has 0 fully saturated rings. The van der Waals surface area contributed by atoms with E-state index in [9.17, 15) is 18.0 Å². The minimum absolute atomic E-state index is 0.185. The number of nitrogens with two attached hydrogens (primary N) is 1. The molecule has 1 atom stereocenters. The Hall–Kier alpha value is -4.71. The maximum absolute atomic E-state index is 12.5. The largest absolute Gasteiger partial charge is 0.490 e. The number of aromatic nitrogens is 6. The molecule has 3 N–H and O–H groups in total. The maximum atomic E-state index is 12.5. The minimum atomic E-state index is -5.14. The zero-order valence-electron chi connectivity index (χ0n) is 19.2. The van der Waals surface area contributed by atoms with E-state index in [2.05, 4.69) is 24.9 Å². The number of aromatic amines is 1. The van der Waals surface area contributed by atoms with Gasteiger partial charge >= 0.3 is 12.1 Å². The fraction of sp³-hybridized carbons (Fsp3) is 0.120. The number of H-pyrrole nitrogens is 1. The van der Waals surface area contributed by atoms with E-state index >= 15 is 0 Å². The molecule has 0 radical (unpaired) electrons. The second-order valence-corrected chi connectivity index (χ2v) is 8.02. The van der Waals surface area contributed by atoms with Gasteiger partial charge in [-0.1, -0.05) is 54.6 Å². The molecular formula is C25H18F3N7O2. The van der Waals surface area contributed by atoms with E-state index in [-0.39, 0.29) is 5.56 Å². The lowest BCUT2D eigenvalue weighted by Crippen LogP contribution is -2.29. The van der Waals surface area contributed by atoms with Crippen LogP contribution in [0.4, 0.5) is 13.2 Å². The van der Waals surface area contributed by atoms with Crippen molar-refractivity contribution in [1.29, 1.82) is 0 Å². The summed E-state index contributed by atoms with van der Waals surface area (Å²) < 4.78 is 41.8. The van der Waals surface area contributed by atoms with Crippen LogP contribution >= 0.6 is 0 Å². The third-order valence-electron chi connectivity index (χ3n) is 5.38. The van der Waals surface area contributed by atoms with E-state index in [1.807, 2.05) is 30.3 Å². The highest BCUT2D eigenvalue weighted by molar-refractivity contribution is 5.85. The fourth-order valence-electron chi connectivity index (χ4n) is 3.60. The fourth-order valence-corrected chi connectivity index (χ4v) is 3.60. The van der Waals surface area contributed by atoms with Crippen LogP contribution in [0.3, 0.4) is 0 Å². The molecule has 0 saturated heterocycles. The molecule has 0 bridgehead atoms. The number of carbonyl (C=O) groups is 1. The molecule has 0 amide bonds. The van der Waals surface area contributed by atoms with Crippen LogP contribution in [-0.4, -0.2) is 42.3 Å². The van der Waals surface area contributed by atoms with Gasteiger partial charge in [0.1, 0.15) is 17.0 Å². The first-order valence-corrected chi connectivity index (χ1v) is 11.0. The number of esters is 1. The van der Waals surface area contributed by atoms with Crippen molar-refractivity contribution < 1.29 is 22.7 Å². The monoisotopic (exact) mass is 505 g/mol. The third-order valence-corrected chi connectivity index (χ3v) is 5.38. The lowest BCUT2D eigenvalue weighted by Gasteiger charge is -2.15. The van der Waals surface area contributed by atoms with Gasteiger partial charge in [-0.2, -0.15) is 18.3 Å². The Morgan fingerprint density at radius 2 is 1.57 bits per heavy atom.